The van der Waals surface area contributed by atoms with Crippen molar-refractivity contribution < 1.29 is 28.6 Å². The van der Waals surface area contributed by atoms with Crippen molar-refractivity contribution in [1.29, 1.82) is 0 Å². The minimum atomic E-state index is -0.999. The zero-order valence-electron chi connectivity index (χ0n) is 52.2. The molecule has 9 unspecified atom stereocenters. The van der Waals surface area contributed by atoms with Crippen molar-refractivity contribution in [1.82, 2.24) is 4.90 Å². The van der Waals surface area contributed by atoms with Gasteiger partial charge in [0.2, 0.25) is 0 Å². The Balaban J connectivity index is 5.30. The smallest absolute Gasteiger partial charge is 0.306 e. The predicted molar refractivity (Wildman–Crippen MR) is 315 cm³/mol. The highest BCUT2D eigenvalue weighted by Crippen LogP contribution is 2.27. The van der Waals surface area contributed by atoms with E-state index in [0.717, 1.165) is 74.0 Å². The van der Waals surface area contributed by atoms with Gasteiger partial charge in [0, 0.05) is 19.3 Å². The SMILES string of the molecule is CC(C)CCCC(C)CCCC(C)CCCC(C)CC(=O)OCC(COC(=O)CC(C)CCCC(C)CCCC(C)CCCC(C)C)(COC(=O)CC(C)CCCC(C)CCCC(C)CCCC(C)C)N(C)C. The third-order valence-electron chi connectivity index (χ3n) is 16.8. The number of hydrogen-bond donors (Lipinski definition) is 0. The topological polar surface area (TPSA) is 82.1 Å². The highest BCUT2D eigenvalue weighted by molar-refractivity contribution is 5.71. The molecule has 434 valence electrons. The van der Waals surface area contributed by atoms with Crippen molar-refractivity contribution in [3.05, 3.63) is 0 Å². The molecule has 0 saturated carbocycles. The van der Waals surface area contributed by atoms with Crippen LogP contribution in [0.1, 0.15) is 296 Å². The summed E-state index contributed by atoms with van der Waals surface area (Å²) in [4.78, 5) is 42.2. The molecule has 0 saturated heterocycles. The molecular formula is C66H129NO6. The summed E-state index contributed by atoms with van der Waals surface area (Å²) in [6, 6.07) is 0. The first kappa shape index (κ1) is 71.4. The van der Waals surface area contributed by atoms with Crippen LogP contribution in [0.2, 0.25) is 0 Å². The van der Waals surface area contributed by atoms with Crippen LogP contribution in [0.15, 0.2) is 0 Å². The van der Waals surface area contributed by atoms with Gasteiger partial charge in [0.15, 0.2) is 0 Å². The highest BCUT2D eigenvalue weighted by Gasteiger charge is 2.39. The second kappa shape index (κ2) is 43.4. The maximum absolute atomic E-state index is 13.4. The lowest BCUT2D eigenvalue weighted by Crippen LogP contribution is -2.56. The largest absolute Gasteiger partial charge is 0.463 e. The molecule has 9 atom stereocenters. The summed E-state index contributed by atoms with van der Waals surface area (Å²) < 4.78 is 18.1. The van der Waals surface area contributed by atoms with Crippen LogP contribution in [0.25, 0.3) is 0 Å². The lowest BCUT2D eigenvalue weighted by molar-refractivity contribution is -0.164. The van der Waals surface area contributed by atoms with Crippen LogP contribution in [0.3, 0.4) is 0 Å². The maximum atomic E-state index is 13.4. The van der Waals surface area contributed by atoms with E-state index in [2.05, 4.69) is 104 Å². The Bertz CT molecular complexity index is 1180. The molecule has 0 aromatic carbocycles. The summed E-state index contributed by atoms with van der Waals surface area (Å²) in [7, 11) is 3.78. The second-order valence-electron chi connectivity index (χ2n) is 27.2. The van der Waals surface area contributed by atoms with E-state index >= 15 is 0 Å². The number of nitrogens with zero attached hydrogens (tertiary/aromatic N) is 1. The summed E-state index contributed by atoms with van der Waals surface area (Å²) >= 11 is 0. The predicted octanol–water partition coefficient (Wildman–Crippen LogP) is 19.3. The van der Waals surface area contributed by atoms with Gasteiger partial charge in [-0.05, 0) is 85.1 Å². The molecule has 0 amide bonds. The first-order valence-electron chi connectivity index (χ1n) is 31.6. The Morgan fingerprint density at radius 2 is 0.452 bits per heavy atom. The third-order valence-corrected chi connectivity index (χ3v) is 16.8. The molecule has 0 aromatic heterocycles. The summed E-state index contributed by atoms with van der Waals surface area (Å²) in [6.07, 6.45) is 34.7. The lowest BCUT2D eigenvalue weighted by atomic mass is 9.91. The summed E-state index contributed by atoms with van der Waals surface area (Å²) in [6.45, 7) is 34.7. The van der Waals surface area contributed by atoms with Gasteiger partial charge in [-0.3, -0.25) is 19.3 Å². The van der Waals surface area contributed by atoms with E-state index in [0.29, 0.717) is 37.0 Å². The molecule has 0 bridgehead atoms. The van der Waals surface area contributed by atoms with Gasteiger partial charge in [0.05, 0.1) is 0 Å². The van der Waals surface area contributed by atoms with Gasteiger partial charge in [-0.1, -0.05) is 277 Å². The van der Waals surface area contributed by atoms with Gasteiger partial charge >= 0.3 is 17.9 Å². The third kappa shape index (κ3) is 42.1. The van der Waals surface area contributed by atoms with Crippen molar-refractivity contribution in [3.8, 4) is 0 Å². The Morgan fingerprint density at radius 1 is 0.288 bits per heavy atom. The molecule has 0 heterocycles. The summed E-state index contributed by atoms with van der Waals surface area (Å²) in [5.74, 6) is 6.79. The van der Waals surface area contributed by atoms with Gasteiger partial charge < -0.3 is 14.2 Å². The Morgan fingerprint density at radius 3 is 0.616 bits per heavy atom. The zero-order chi connectivity index (χ0) is 55.2. The number of carbonyl (C=O) groups excluding carboxylic acids is 3. The van der Waals surface area contributed by atoms with E-state index in [1.54, 1.807) is 0 Å². The van der Waals surface area contributed by atoms with E-state index in [1.165, 1.54) is 135 Å². The Kier molecular flexibility index (Phi) is 42.4. The average molecular weight is 1030 g/mol. The van der Waals surface area contributed by atoms with Crippen LogP contribution in [0, 0.1) is 71.0 Å². The average Bonchev–Trinajstić information content (AvgIpc) is 3.28. The van der Waals surface area contributed by atoms with Crippen molar-refractivity contribution in [3.63, 3.8) is 0 Å². The standard InChI is InChI=1S/C66H129NO6/c1-51(2)27-18-30-54(7)33-21-36-57(10)39-24-42-60(13)45-63(68)71-48-66(67(16)17,49-72-64(69)46-61(14)43-25-40-58(11)37-22-34-55(8)31-19-28-52(3)4)50-73-65(70)47-62(15)44-26-41-59(12)38-23-35-56(9)32-20-29-53(5)6/h51-62H,18-50H2,1-17H3. The van der Waals surface area contributed by atoms with Crippen molar-refractivity contribution in [2.24, 2.45) is 71.0 Å². The Labute approximate surface area is 456 Å². The first-order chi connectivity index (χ1) is 34.4. The molecular weight excluding hydrogens is 903 g/mol. The van der Waals surface area contributed by atoms with E-state index in [4.69, 9.17) is 14.2 Å². The van der Waals surface area contributed by atoms with Crippen molar-refractivity contribution in [2.45, 2.75) is 302 Å². The molecule has 0 spiro atoms. The van der Waals surface area contributed by atoms with Crippen molar-refractivity contribution in [2.75, 3.05) is 33.9 Å². The number of hydrogen-bond acceptors (Lipinski definition) is 7. The van der Waals surface area contributed by atoms with Crippen LogP contribution >= 0.6 is 0 Å². The second-order valence-corrected chi connectivity index (χ2v) is 27.2. The minimum absolute atomic E-state index is 0.0205. The number of ether oxygens (including phenoxy) is 3. The summed E-state index contributed by atoms with van der Waals surface area (Å²) in [5.41, 5.74) is -0.999. The molecule has 0 radical (unpaired) electrons. The molecule has 0 aromatic rings. The number of likely N-dealkylation sites (N-methyl/N-ethyl adjacent to an activating group) is 1. The molecule has 0 fully saturated rings. The minimum Gasteiger partial charge on any atom is -0.463 e. The van der Waals surface area contributed by atoms with Gasteiger partial charge in [-0.2, -0.15) is 0 Å². The lowest BCUT2D eigenvalue weighted by Gasteiger charge is -2.38. The Hall–Kier alpha value is -1.63. The molecule has 0 rings (SSSR count). The van der Waals surface area contributed by atoms with Crippen LogP contribution in [0.4, 0.5) is 0 Å². The maximum Gasteiger partial charge on any atom is 0.306 e. The molecule has 0 aliphatic heterocycles. The van der Waals surface area contributed by atoms with Crippen molar-refractivity contribution >= 4 is 17.9 Å². The van der Waals surface area contributed by atoms with Crippen LogP contribution < -0.4 is 0 Å². The monoisotopic (exact) mass is 1030 g/mol. The summed E-state index contributed by atoms with van der Waals surface area (Å²) in [5, 5.41) is 0. The number of rotatable bonds is 49. The molecule has 7 nitrogen and oxygen atoms in total. The molecule has 0 N–H and O–H groups in total. The van der Waals surface area contributed by atoms with Crippen LogP contribution in [0.5, 0.6) is 0 Å². The zero-order valence-corrected chi connectivity index (χ0v) is 52.2. The fourth-order valence-electron chi connectivity index (χ4n) is 10.9. The van der Waals surface area contributed by atoms with Gasteiger partial charge in [0.25, 0.3) is 0 Å². The first-order valence-corrected chi connectivity index (χ1v) is 31.6. The number of carbonyl (C=O) groups is 3. The number of esters is 3. The van der Waals surface area contributed by atoms with Gasteiger partial charge in [-0.15, -0.1) is 0 Å². The molecule has 0 aliphatic rings. The quantitative estimate of drug-likeness (QED) is 0.0443. The normalized spacial score (nSPS) is 16.7. The van der Waals surface area contributed by atoms with E-state index < -0.39 is 5.54 Å². The fraction of sp³-hybridized carbons (Fsp3) is 0.955. The fourth-order valence-corrected chi connectivity index (χ4v) is 10.9. The van der Waals surface area contributed by atoms with Gasteiger partial charge in [-0.25, -0.2) is 0 Å². The van der Waals surface area contributed by atoms with Crippen LogP contribution in [-0.2, 0) is 28.6 Å². The molecule has 73 heavy (non-hydrogen) atoms. The van der Waals surface area contributed by atoms with E-state index in [-0.39, 0.29) is 55.5 Å². The van der Waals surface area contributed by atoms with E-state index in [9.17, 15) is 14.4 Å². The van der Waals surface area contributed by atoms with Crippen LogP contribution in [-0.4, -0.2) is 62.3 Å². The molecule has 7 heteroatoms. The molecule has 0 aliphatic carbocycles. The highest BCUT2D eigenvalue weighted by atomic mass is 16.6. The van der Waals surface area contributed by atoms with E-state index in [1.807, 2.05) is 19.0 Å². The van der Waals surface area contributed by atoms with Gasteiger partial charge in [0.1, 0.15) is 25.4 Å².